The molecule has 1 aromatic carbocycles. The minimum Gasteiger partial charge on any atom is -0.381 e. The van der Waals surface area contributed by atoms with Gasteiger partial charge in [-0.1, -0.05) is 30.3 Å². The maximum Gasteiger partial charge on any atom is 0.0534 e. The number of hydrogen-bond donors (Lipinski definition) is 0. The van der Waals surface area contributed by atoms with E-state index in [4.69, 9.17) is 4.74 Å². The van der Waals surface area contributed by atoms with Crippen molar-refractivity contribution in [2.24, 2.45) is 5.41 Å². The Hall–Kier alpha value is -0.860. The lowest BCUT2D eigenvalue weighted by atomic mass is 9.76. The van der Waals surface area contributed by atoms with Gasteiger partial charge < -0.3 is 4.74 Å². The highest BCUT2D eigenvalue weighted by Gasteiger charge is 2.37. The van der Waals surface area contributed by atoms with Crippen molar-refractivity contribution in [1.29, 1.82) is 0 Å². The summed E-state index contributed by atoms with van der Waals surface area (Å²) < 4.78 is 5.73. The van der Waals surface area contributed by atoms with Crippen LogP contribution in [0.2, 0.25) is 0 Å². The molecule has 2 nitrogen and oxygen atoms in total. The third kappa shape index (κ3) is 2.76. The number of nitrogens with zero attached hydrogens (tertiary/aromatic N) is 1. The highest BCUT2D eigenvalue weighted by atomic mass is 16.5. The molecule has 0 radical (unpaired) electrons. The van der Waals surface area contributed by atoms with E-state index in [9.17, 15) is 0 Å². The van der Waals surface area contributed by atoms with Crippen molar-refractivity contribution in [2.75, 3.05) is 26.3 Å². The molecule has 1 spiro atoms. The van der Waals surface area contributed by atoms with Gasteiger partial charge in [0.1, 0.15) is 0 Å². The lowest BCUT2D eigenvalue weighted by Crippen LogP contribution is -2.47. The van der Waals surface area contributed by atoms with Crippen molar-refractivity contribution in [3.05, 3.63) is 35.9 Å². The van der Waals surface area contributed by atoms with Crippen molar-refractivity contribution in [3.8, 4) is 0 Å². The fraction of sp³-hybridized carbons (Fsp3) is 0.625. The van der Waals surface area contributed by atoms with E-state index < -0.39 is 0 Å². The standard InChI is InChI=1S/C16H23NO/c1-2-6-15(7-3-1)12-17-10-4-8-16(13-17)9-5-11-18-14-16/h1-3,6-7H,4-5,8-14H2. The van der Waals surface area contributed by atoms with Gasteiger partial charge in [0.2, 0.25) is 0 Å². The second-order valence-corrected chi connectivity index (χ2v) is 5.96. The van der Waals surface area contributed by atoms with Crippen LogP contribution in [0.25, 0.3) is 0 Å². The van der Waals surface area contributed by atoms with Gasteiger partial charge in [0.15, 0.2) is 0 Å². The molecule has 2 aliphatic heterocycles. The number of piperidine rings is 1. The minimum atomic E-state index is 0.464. The lowest BCUT2D eigenvalue weighted by molar-refractivity contribution is -0.0505. The largest absolute Gasteiger partial charge is 0.381 e. The topological polar surface area (TPSA) is 12.5 Å². The van der Waals surface area contributed by atoms with Crippen molar-refractivity contribution in [2.45, 2.75) is 32.2 Å². The van der Waals surface area contributed by atoms with Crippen molar-refractivity contribution < 1.29 is 4.74 Å². The van der Waals surface area contributed by atoms with E-state index in [1.165, 1.54) is 44.3 Å². The molecule has 3 rings (SSSR count). The maximum absolute atomic E-state index is 5.73. The molecule has 2 aliphatic rings. The Morgan fingerprint density at radius 2 is 1.94 bits per heavy atom. The first-order valence-electron chi connectivity index (χ1n) is 7.20. The first-order valence-corrected chi connectivity index (χ1v) is 7.20. The van der Waals surface area contributed by atoms with Crippen LogP contribution in [0.5, 0.6) is 0 Å². The second kappa shape index (κ2) is 5.41. The molecule has 0 aromatic heterocycles. The summed E-state index contributed by atoms with van der Waals surface area (Å²) in [6.45, 7) is 5.53. The molecule has 2 heterocycles. The molecule has 1 aromatic rings. The van der Waals surface area contributed by atoms with Gasteiger partial charge in [-0.25, -0.2) is 0 Å². The summed E-state index contributed by atoms with van der Waals surface area (Å²) in [6.07, 6.45) is 5.30. The van der Waals surface area contributed by atoms with Crippen LogP contribution in [0.1, 0.15) is 31.2 Å². The maximum atomic E-state index is 5.73. The average Bonchev–Trinajstić information content (AvgIpc) is 2.41. The van der Waals surface area contributed by atoms with Gasteiger partial charge >= 0.3 is 0 Å². The minimum absolute atomic E-state index is 0.464. The lowest BCUT2D eigenvalue weighted by Gasteiger charge is -2.45. The molecule has 0 amide bonds. The van der Waals surface area contributed by atoms with Gasteiger partial charge in [-0.15, -0.1) is 0 Å². The molecule has 2 fully saturated rings. The highest BCUT2D eigenvalue weighted by Crippen LogP contribution is 2.37. The number of hydrogen-bond acceptors (Lipinski definition) is 2. The van der Waals surface area contributed by atoms with Crippen LogP contribution < -0.4 is 0 Å². The van der Waals surface area contributed by atoms with Crippen LogP contribution in [0, 0.1) is 5.41 Å². The van der Waals surface area contributed by atoms with Gasteiger partial charge in [0.05, 0.1) is 6.61 Å². The van der Waals surface area contributed by atoms with E-state index >= 15 is 0 Å². The van der Waals surface area contributed by atoms with E-state index in [1.807, 2.05) is 0 Å². The number of benzene rings is 1. The third-order valence-electron chi connectivity index (χ3n) is 4.39. The molecule has 0 aliphatic carbocycles. The molecular formula is C16H23NO. The average molecular weight is 245 g/mol. The van der Waals surface area contributed by atoms with E-state index in [0.29, 0.717) is 5.41 Å². The molecule has 0 N–H and O–H groups in total. The Morgan fingerprint density at radius 1 is 1.11 bits per heavy atom. The third-order valence-corrected chi connectivity index (χ3v) is 4.39. The Morgan fingerprint density at radius 3 is 2.72 bits per heavy atom. The molecule has 1 atom stereocenters. The number of likely N-dealkylation sites (tertiary alicyclic amines) is 1. The fourth-order valence-electron chi connectivity index (χ4n) is 3.52. The number of ether oxygens (including phenoxy) is 1. The van der Waals surface area contributed by atoms with Crippen molar-refractivity contribution in [1.82, 2.24) is 4.90 Å². The quantitative estimate of drug-likeness (QED) is 0.794. The van der Waals surface area contributed by atoms with E-state index in [0.717, 1.165) is 19.8 Å². The van der Waals surface area contributed by atoms with Crippen LogP contribution in [-0.4, -0.2) is 31.2 Å². The van der Waals surface area contributed by atoms with Gasteiger partial charge in [0.25, 0.3) is 0 Å². The second-order valence-electron chi connectivity index (χ2n) is 5.96. The van der Waals surface area contributed by atoms with Crippen LogP contribution >= 0.6 is 0 Å². The Labute approximate surface area is 110 Å². The normalized spacial score (nSPS) is 29.6. The SMILES string of the molecule is c1ccc(CN2CCCC3(CCCOC3)C2)cc1. The van der Waals surface area contributed by atoms with E-state index in [1.54, 1.807) is 0 Å². The summed E-state index contributed by atoms with van der Waals surface area (Å²) in [5, 5.41) is 0. The molecule has 1 unspecified atom stereocenters. The number of rotatable bonds is 2. The molecule has 18 heavy (non-hydrogen) atoms. The van der Waals surface area contributed by atoms with Gasteiger partial charge in [0, 0.05) is 25.1 Å². The Kier molecular flexibility index (Phi) is 3.67. The highest BCUT2D eigenvalue weighted by molar-refractivity contribution is 5.14. The monoisotopic (exact) mass is 245 g/mol. The van der Waals surface area contributed by atoms with Crippen LogP contribution in [-0.2, 0) is 11.3 Å². The van der Waals surface area contributed by atoms with E-state index in [2.05, 4.69) is 35.2 Å². The smallest absolute Gasteiger partial charge is 0.0534 e. The van der Waals surface area contributed by atoms with Gasteiger partial charge in [-0.05, 0) is 37.8 Å². The van der Waals surface area contributed by atoms with Gasteiger partial charge in [-0.3, -0.25) is 4.90 Å². The summed E-state index contributed by atoms with van der Waals surface area (Å²) in [5.74, 6) is 0. The zero-order chi connectivity index (χ0) is 12.3. The summed E-state index contributed by atoms with van der Waals surface area (Å²) in [7, 11) is 0. The van der Waals surface area contributed by atoms with E-state index in [-0.39, 0.29) is 0 Å². The Bertz CT molecular complexity index is 364. The first kappa shape index (κ1) is 12.2. The first-order chi connectivity index (χ1) is 8.86. The summed E-state index contributed by atoms with van der Waals surface area (Å²) in [6, 6.07) is 10.8. The molecule has 2 saturated heterocycles. The molecule has 2 heteroatoms. The zero-order valence-electron chi connectivity index (χ0n) is 11.1. The summed E-state index contributed by atoms with van der Waals surface area (Å²) in [4.78, 5) is 2.62. The Balaban J connectivity index is 1.63. The zero-order valence-corrected chi connectivity index (χ0v) is 11.1. The predicted octanol–water partition coefficient (Wildman–Crippen LogP) is 3.08. The van der Waals surface area contributed by atoms with Crippen LogP contribution in [0.4, 0.5) is 0 Å². The van der Waals surface area contributed by atoms with Crippen molar-refractivity contribution >= 4 is 0 Å². The molecule has 0 bridgehead atoms. The summed E-state index contributed by atoms with van der Waals surface area (Å²) >= 11 is 0. The fourth-order valence-corrected chi connectivity index (χ4v) is 3.52. The molecular weight excluding hydrogens is 222 g/mol. The van der Waals surface area contributed by atoms with Crippen LogP contribution in [0.3, 0.4) is 0 Å². The molecule has 0 saturated carbocycles. The van der Waals surface area contributed by atoms with Crippen molar-refractivity contribution in [3.63, 3.8) is 0 Å². The van der Waals surface area contributed by atoms with Gasteiger partial charge in [-0.2, -0.15) is 0 Å². The van der Waals surface area contributed by atoms with Crippen LogP contribution in [0.15, 0.2) is 30.3 Å². The summed E-state index contributed by atoms with van der Waals surface area (Å²) in [5.41, 5.74) is 1.90. The molecule has 98 valence electrons. The predicted molar refractivity (Wildman–Crippen MR) is 73.4 cm³/mol.